The molecule has 1 amide bonds. The van der Waals surface area contributed by atoms with Crippen molar-refractivity contribution in [3.63, 3.8) is 0 Å². The standard InChI is InChI=1S/C14H20N2O3.ClH/c1-4-16(5-2)8-11-6-13-14(19-9-18-13)7-12(11)15-10(3)17;/h6-7H,4-5,8-9H2,1-3H3,(H,15,17);1H. The molecule has 0 spiro atoms. The molecule has 0 atom stereocenters. The van der Waals surface area contributed by atoms with Gasteiger partial charge in [0.05, 0.1) is 0 Å². The van der Waals surface area contributed by atoms with Crippen molar-refractivity contribution in [2.75, 3.05) is 25.2 Å². The molecule has 0 unspecified atom stereocenters. The van der Waals surface area contributed by atoms with Gasteiger partial charge in [0.2, 0.25) is 12.7 Å². The number of halogens is 1. The Morgan fingerprint density at radius 2 is 1.85 bits per heavy atom. The Balaban J connectivity index is 0.00000200. The summed E-state index contributed by atoms with van der Waals surface area (Å²) in [4.78, 5) is 13.6. The average Bonchev–Trinajstić information content (AvgIpc) is 2.82. The molecule has 0 radical (unpaired) electrons. The van der Waals surface area contributed by atoms with Gasteiger partial charge in [-0.15, -0.1) is 12.4 Å². The van der Waals surface area contributed by atoms with Gasteiger partial charge in [0.1, 0.15) is 0 Å². The van der Waals surface area contributed by atoms with Gasteiger partial charge >= 0.3 is 0 Å². The number of nitrogens with zero attached hydrogens (tertiary/aromatic N) is 1. The third-order valence-corrected chi connectivity index (χ3v) is 3.20. The highest BCUT2D eigenvalue weighted by Crippen LogP contribution is 2.37. The summed E-state index contributed by atoms with van der Waals surface area (Å²) in [6.07, 6.45) is 0. The lowest BCUT2D eigenvalue weighted by Gasteiger charge is -2.20. The van der Waals surface area contributed by atoms with Gasteiger partial charge in [-0.2, -0.15) is 0 Å². The molecule has 0 saturated heterocycles. The van der Waals surface area contributed by atoms with Crippen molar-refractivity contribution in [2.45, 2.75) is 27.3 Å². The predicted molar refractivity (Wildman–Crippen MR) is 80.7 cm³/mol. The fourth-order valence-corrected chi connectivity index (χ4v) is 2.11. The number of carbonyl (C=O) groups excluding carboxylic acids is 1. The molecule has 1 aliphatic heterocycles. The van der Waals surface area contributed by atoms with Crippen LogP contribution in [0.15, 0.2) is 12.1 Å². The number of benzene rings is 1. The molecule has 1 N–H and O–H groups in total. The van der Waals surface area contributed by atoms with E-state index >= 15 is 0 Å². The van der Waals surface area contributed by atoms with Crippen LogP contribution in [0.25, 0.3) is 0 Å². The van der Waals surface area contributed by atoms with Gasteiger partial charge in [0.25, 0.3) is 0 Å². The van der Waals surface area contributed by atoms with Crippen molar-refractivity contribution >= 4 is 24.0 Å². The number of nitrogens with one attached hydrogen (secondary N) is 1. The minimum Gasteiger partial charge on any atom is -0.454 e. The molecule has 0 aliphatic carbocycles. The van der Waals surface area contributed by atoms with E-state index in [0.29, 0.717) is 5.75 Å². The Bertz CT molecular complexity index is 476. The normalized spacial score (nSPS) is 12.2. The molecule has 0 bridgehead atoms. The summed E-state index contributed by atoms with van der Waals surface area (Å²) in [7, 11) is 0. The van der Waals surface area contributed by atoms with E-state index < -0.39 is 0 Å². The highest BCUT2D eigenvalue weighted by molar-refractivity contribution is 5.90. The van der Waals surface area contributed by atoms with Crippen molar-refractivity contribution < 1.29 is 14.3 Å². The Morgan fingerprint density at radius 3 is 2.40 bits per heavy atom. The summed E-state index contributed by atoms with van der Waals surface area (Å²) in [6, 6.07) is 3.79. The van der Waals surface area contributed by atoms with E-state index in [1.165, 1.54) is 6.92 Å². The van der Waals surface area contributed by atoms with Crippen molar-refractivity contribution in [3.05, 3.63) is 17.7 Å². The summed E-state index contributed by atoms with van der Waals surface area (Å²) < 4.78 is 10.7. The maximum Gasteiger partial charge on any atom is 0.231 e. The molecule has 2 rings (SSSR count). The van der Waals surface area contributed by atoms with Crippen LogP contribution in [0.1, 0.15) is 26.3 Å². The molecule has 1 aromatic rings. The highest BCUT2D eigenvalue weighted by Gasteiger charge is 2.18. The van der Waals surface area contributed by atoms with Crippen LogP contribution < -0.4 is 14.8 Å². The van der Waals surface area contributed by atoms with E-state index in [9.17, 15) is 4.79 Å². The van der Waals surface area contributed by atoms with Crippen molar-refractivity contribution in [3.8, 4) is 11.5 Å². The van der Waals surface area contributed by atoms with E-state index in [-0.39, 0.29) is 25.1 Å². The zero-order valence-electron chi connectivity index (χ0n) is 12.1. The van der Waals surface area contributed by atoms with Gasteiger partial charge in [-0.3, -0.25) is 9.69 Å². The minimum atomic E-state index is -0.0836. The zero-order chi connectivity index (χ0) is 13.8. The lowest BCUT2D eigenvalue weighted by Crippen LogP contribution is -2.23. The first kappa shape index (κ1) is 16.6. The average molecular weight is 301 g/mol. The Morgan fingerprint density at radius 1 is 1.25 bits per heavy atom. The number of hydrogen-bond donors (Lipinski definition) is 1. The molecule has 1 aliphatic rings. The SMILES string of the molecule is CCN(CC)Cc1cc2c(cc1NC(C)=O)OCO2.Cl. The van der Waals surface area contributed by atoms with Gasteiger partial charge < -0.3 is 14.8 Å². The van der Waals surface area contributed by atoms with Crippen LogP contribution in [0.5, 0.6) is 11.5 Å². The monoisotopic (exact) mass is 300 g/mol. The summed E-state index contributed by atoms with van der Waals surface area (Å²) >= 11 is 0. The number of carbonyl (C=O) groups is 1. The van der Waals surface area contributed by atoms with E-state index in [2.05, 4.69) is 24.1 Å². The number of hydrogen-bond acceptors (Lipinski definition) is 4. The predicted octanol–water partition coefficient (Wildman–Crippen LogP) is 2.64. The first-order chi connectivity index (χ1) is 9.13. The smallest absolute Gasteiger partial charge is 0.231 e. The summed E-state index contributed by atoms with van der Waals surface area (Å²) in [5, 5.41) is 2.86. The number of amides is 1. The lowest BCUT2D eigenvalue weighted by atomic mass is 10.1. The Labute approximate surface area is 125 Å². The molecule has 20 heavy (non-hydrogen) atoms. The summed E-state index contributed by atoms with van der Waals surface area (Å²) in [5.41, 5.74) is 1.84. The van der Waals surface area contributed by atoms with Gasteiger partial charge in [-0.1, -0.05) is 13.8 Å². The maximum absolute atomic E-state index is 11.3. The summed E-state index contributed by atoms with van der Waals surface area (Å²) in [6.45, 7) is 8.69. The van der Waals surface area contributed by atoms with E-state index in [1.807, 2.05) is 12.1 Å². The van der Waals surface area contributed by atoms with Gasteiger partial charge in [-0.25, -0.2) is 0 Å². The summed E-state index contributed by atoms with van der Waals surface area (Å²) in [5.74, 6) is 1.35. The maximum atomic E-state index is 11.3. The molecule has 112 valence electrons. The third kappa shape index (κ3) is 3.77. The third-order valence-electron chi connectivity index (χ3n) is 3.20. The van der Waals surface area contributed by atoms with Crippen LogP contribution in [0.3, 0.4) is 0 Å². The minimum absolute atomic E-state index is 0. The zero-order valence-corrected chi connectivity index (χ0v) is 12.9. The second-order valence-corrected chi connectivity index (χ2v) is 4.51. The quantitative estimate of drug-likeness (QED) is 0.908. The molecule has 5 nitrogen and oxygen atoms in total. The molecule has 1 aromatic carbocycles. The van der Waals surface area contributed by atoms with Crippen molar-refractivity contribution in [1.29, 1.82) is 0 Å². The largest absolute Gasteiger partial charge is 0.454 e. The molecule has 1 heterocycles. The highest BCUT2D eigenvalue weighted by atomic mass is 35.5. The van der Waals surface area contributed by atoms with Gasteiger partial charge in [0, 0.05) is 25.2 Å². The number of ether oxygens (including phenoxy) is 2. The van der Waals surface area contributed by atoms with Crippen LogP contribution in [0.2, 0.25) is 0 Å². The first-order valence-electron chi connectivity index (χ1n) is 6.56. The van der Waals surface area contributed by atoms with Crippen molar-refractivity contribution in [1.82, 2.24) is 4.90 Å². The fraction of sp³-hybridized carbons (Fsp3) is 0.500. The number of rotatable bonds is 5. The van der Waals surface area contributed by atoms with E-state index in [1.54, 1.807) is 0 Å². The Hall–Kier alpha value is -1.46. The first-order valence-corrected chi connectivity index (χ1v) is 6.56. The second kappa shape index (κ2) is 7.36. The molecule has 0 aromatic heterocycles. The van der Waals surface area contributed by atoms with Crippen LogP contribution in [-0.4, -0.2) is 30.7 Å². The topological polar surface area (TPSA) is 50.8 Å². The van der Waals surface area contributed by atoms with E-state index in [4.69, 9.17) is 9.47 Å². The van der Waals surface area contributed by atoms with Crippen LogP contribution >= 0.6 is 12.4 Å². The number of fused-ring (bicyclic) bond motifs is 1. The van der Waals surface area contributed by atoms with Gasteiger partial charge in [0.15, 0.2) is 11.5 Å². The van der Waals surface area contributed by atoms with Crippen LogP contribution in [0.4, 0.5) is 5.69 Å². The van der Waals surface area contributed by atoms with Gasteiger partial charge in [-0.05, 0) is 24.7 Å². The van der Waals surface area contributed by atoms with Crippen LogP contribution in [-0.2, 0) is 11.3 Å². The van der Waals surface area contributed by atoms with Crippen molar-refractivity contribution in [2.24, 2.45) is 0 Å². The molecule has 0 fully saturated rings. The lowest BCUT2D eigenvalue weighted by molar-refractivity contribution is -0.114. The fourth-order valence-electron chi connectivity index (χ4n) is 2.11. The van der Waals surface area contributed by atoms with E-state index in [0.717, 1.165) is 36.6 Å². The number of anilines is 1. The molecular weight excluding hydrogens is 280 g/mol. The molecule has 6 heteroatoms. The Kier molecular flexibility index (Phi) is 6.10. The molecule has 0 saturated carbocycles. The second-order valence-electron chi connectivity index (χ2n) is 4.51. The molecular formula is C14H21ClN2O3. The van der Waals surface area contributed by atoms with Crippen LogP contribution in [0, 0.1) is 0 Å².